The highest BCUT2D eigenvalue weighted by Crippen LogP contribution is 2.32. The normalized spacial score (nSPS) is 18.0. The molecule has 3 aromatic rings. The number of hydrogen-bond acceptors (Lipinski definition) is 9. The van der Waals surface area contributed by atoms with Crippen LogP contribution in [-0.4, -0.2) is 73.7 Å². The number of pyridine rings is 2. The van der Waals surface area contributed by atoms with Gasteiger partial charge >= 0.3 is 12.8 Å². The second-order valence-electron chi connectivity index (χ2n) is 9.83. The molecule has 1 aliphatic heterocycles. The molecule has 0 bridgehead atoms. The van der Waals surface area contributed by atoms with E-state index in [1.54, 1.807) is 4.90 Å². The zero-order chi connectivity index (χ0) is 32.1. The summed E-state index contributed by atoms with van der Waals surface area (Å²) in [5.74, 6) is -0.233. The van der Waals surface area contributed by atoms with Crippen LogP contribution in [-0.2, 0) is 20.8 Å². The summed E-state index contributed by atoms with van der Waals surface area (Å²) < 4.78 is 98.6. The van der Waals surface area contributed by atoms with E-state index < -0.39 is 58.9 Å². The Labute approximate surface area is 249 Å². The van der Waals surface area contributed by atoms with Gasteiger partial charge in [0.25, 0.3) is 5.91 Å². The minimum Gasteiger partial charge on any atom is -0.489 e. The highest BCUT2D eigenvalue weighted by molar-refractivity contribution is 7.91. The van der Waals surface area contributed by atoms with Crippen molar-refractivity contribution < 1.29 is 49.7 Å². The molecule has 16 heteroatoms. The average molecular weight is 645 g/mol. The van der Waals surface area contributed by atoms with E-state index in [2.05, 4.69) is 20.0 Å². The first-order valence-electron chi connectivity index (χ1n) is 13.4. The van der Waals surface area contributed by atoms with Gasteiger partial charge in [-0.05, 0) is 48.5 Å². The van der Waals surface area contributed by atoms with Gasteiger partial charge in [-0.15, -0.1) is 0 Å². The number of sulfone groups is 1. The number of benzene rings is 1. The Morgan fingerprint density at radius 2 is 1.82 bits per heavy atom. The smallest absolute Gasteiger partial charge is 0.416 e. The lowest BCUT2D eigenvalue weighted by Gasteiger charge is -2.25. The Hall–Kier alpha value is -3.89. The van der Waals surface area contributed by atoms with Crippen molar-refractivity contribution in [2.45, 2.75) is 49.2 Å². The number of aromatic nitrogens is 2. The second kappa shape index (κ2) is 13.8. The molecule has 0 unspecified atom stereocenters. The summed E-state index contributed by atoms with van der Waals surface area (Å²) >= 11 is 0. The van der Waals surface area contributed by atoms with Crippen molar-refractivity contribution in [3.05, 3.63) is 77.7 Å². The van der Waals surface area contributed by atoms with Crippen molar-refractivity contribution in [1.82, 2.24) is 15.3 Å². The van der Waals surface area contributed by atoms with Crippen LogP contribution in [0.25, 0.3) is 0 Å². The van der Waals surface area contributed by atoms with Gasteiger partial charge in [-0.25, -0.2) is 13.4 Å². The Kier molecular flexibility index (Phi) is 10.4. The van der Waals surface area contributed by atoms with E-state index in [1.165, 1.54) is 49.5 Å². The third-order valence-electron chi connectivity index (χ3n) is 6.92. The van der Waals surface area contributed by atoms with Gasteiger partial charge in [0.1, 0.15) is 17.7 Å². The molecule has 0 aliphatic carbocycles. The molecule has 10 nitrogen and oxygen atoms in total. The van der Waals surface area contributed by atoms with Gasteiger partial charge in [0, 0.05) is 18.8 Å². The first-order valence-corrected chi connectivity index (χ1v) is 15.0. The summed E-state index contributed by atoms with van der Waals surface area (Å²) in [6.45, 7) is -2.27. The Balaban J connectivity index is 1.44. The molecule has 238 valence electrons. The van der Waals surface area contributed by atoms with Gasteiger partial charge in [0.2, 0.25) is 0 Å². The third kappa shape index (κ3) is 8.18. The molecule has 1 amide bonds. The standard InChI is InChI=1S/C28H29F5N4O6S/c1-2-44(40,41)22-8-9-23(34-13-22)24(15-38)36-26(39)17-3-10-25(35-12-17)37-14-21(11-19(37)16-42-27(29)30)43-20-6-4-18(5-7-20)28(31,32)33/h3-10,12-13,19,21,24,27,38H,2,11,14-16H2,1H3,(H,36,39)/t19-,21-,24-/m0/s1. The van der Waals surface area contributed by atoms with Crippen LogP contribution in [0.4, 0.5) is 27.8 Å². The van der Waals surface area contributed by atoms with Crippen LogP contribution in [0.2, 0.25) is 0 Å². The number of carbonyl (C=O) groups excluding carboxylic acids is 1. The minimum atomic E-state index is -4.50. The number of nitrogens with one attached hydrogen (secondary N) is 1. The molecular weight excluding hydrogens is 615 g/mol. The minimum absolute atomic E-state index is 0.0118. The fraction of sp³-hybridized carbons (Fsp3) is 0.393. The Morgan fingerprint density at radius 3 is 2.36 bits per heavy atom. The lowest BCUT2D eigenvalue weighted by atomic mass is 10.1. The zero-order valence-corrected chi connectivity index (χ0v) is 24.1. The van der Waals surface area contributed by atoms with Crippen LogP contribution in [0.15, 0.2) is 65.8 Å². The van der Waals surface area contributed by atoms with Crippen LogP contribution in [0.5, 0.6) is 5.75 Å². The number of alkyl halides is 5. The number of ether oxygens (including phenoxy) is 2. The average Bonchev–Trinajstić information content (AvgIpc) is 3.41. The lowest BCUT2D eigenvalue weighted by molar-refractivity contribution is -0.137. The molecule has 2 aromatic heterocycles. The number of aliphatic hydroxyl groups excluding tert-OH is 1. The summed E-state index contributed by atoms with van der Waals surface area (Å²) in [6.07, 6.45) is -2.48. The van der Waals surface area contributed by atoms with Crippen molar-refractivity contribution in [3.8, 4) is 5.75 Å². The first-order chi connectivity index (χ1) is 20.8. The van der Waals surface area contributed by atoms with Gasteiger partial charge in [-0.2, -0.15) is 22.0 Å². The third-order valence-corrected chi connectivity index (χ3v) is 8.64. The van der Waals surface area contributed by atoms with E-state index in [0.717, 1.165) is 18.3 Å². The van der Waals surface area contributed by atoms with Crippen molar-refractivity contribution in [2.24, 2.45) is 0 Å². The number of amides is 1. The highest BCUT2D eigenvalue weighted by atomic mass is 32.2. The number of rotatable bonds is 12. The van der Waals surface area contributed by atoms with Gasteiger partial charge in [0.15, 0.2) is 9.84 Å². The van der Waals surface area contributed by atoms with Crippen molar-refractivity contribution in [2.75, 3.05) is 30.4 Å². The second-order valence-corrected chi connectivity index (χ2v) is 12.1. The van der Waals surface area contributed by atoms with Crippen molar-refractivity contribution in [1.29, 1.82) is 0 Å². The zero-order valence-electron chi connectivity index (χ0n) is 23.2. The molecule has 3 atom stereocenters. The van der Waals surface area contributed by atoms with E-state index in [1.807, 2.05) is 0 Å². The lowest BCUT2D eigenvalue weighted by Crippen LogP contribution is -2.35. The van der Waals surface area contributed by atoms with Crippen LogP contribution in [0.1, 0.15) is 41.0 Å². The SMILES string of the molecule is CCS(=O)(=O)c1ccc([C@H](CO)NC(=O)c2ccc(N3C[C@@H](Oc4ccc(C(F)(F)F)cc4)C[C@H]3COC(F)F)nc2)nc1. The Morgan fingerprint density at radius 1 is 1.09 bits per heavy atom. The maximum atomic E-state index is 12.9. The molecule has 44 heavy (non-hydrogen) atoms. The quantitative estimate of drug-likeness (QED) is 0.281. The van der Waals surface area contributed by atoms with Gasteiger partial charge in [0.05, 0.1) is 59.3 Å². The maximum Gasteiger partial charge on any atom is 0.416 e. The molecule has 3 heterocycles. The molecule has 4 rings (SSSR count). The topological polar surface area (TPSA) is 131 Å². The number of halogens is 5. The molecule has 1 saturated heterocycles. The van der Waals surface area contributed by atoms with E-state index in [-0.39, 0.29) is 47.2 Å². The van der Waals surface area contributed by atoms with Crippen LogP contribution < -0.4 is 15.0 Å². The van der Waals surface area contributed by atoms with Crippen molar-refractivity contribution >= 4 is 21.6 Å². The molecule has 0 saturated carbocycles. The van der Waals surface area contributed by atoms with E-state index in [4.69, 9.17) is 4.74 Å². The summed E-state index contributed by atoms with van der Waals surface area (Å²) in [4.78, 5) is 22.9. The molecule has 0 radical (unpaired) electrons. The van der Waals surface area contributed by atoms with Gasteiger partial charge < -0.3 is 24.8 Å². The Bertz CT molecular complexity index is 1510. The van der Waals surface area contributed by atoms with Crippen LogP contribution in [0, 0.1) is 0 Å². The predicted octanol–water partition coefficient (Wildman–Crippen LogP) is 4.02. The van der Waals surface area contributed by atoms with Crippen LogP contribution >= 0.6 is 0 Å². The summed E-state index contributed by atoms with van der Waals surface area (Å²) in [7, 11) is -3.48. The summed E-state index contributed by atoms with van der Waals surface area (Å²) in [5.41, 5.74) is -0.496. The molecule has 1 aromatic carbocycles. The van der Waals surface area contributed by atoms with Crippen LogP contribution in [0.3, 0.4) is 0 Å². The molecule has 2 N–H and O–H groups in total. The maximum absolute atomic E-state index is 12.9. The number of anilines is 1. The number of nitrogens with zero attached hydrogens (tertiary/aromatic N) is 3. The highest BCUT2D eigenvalue weighted by Gasteiger charge is 2.36. The summed E-state index contributed by atoms with van der Waals surface area (Å²) in [5, 5.41) is 12.4. The number of carbonyl (C=O) groups is 1. The number of hydrogen-bond donors (Lipinski definition) is 2. The van der Waals surface area contributed by atoms with Gasteiger partial charge in [-0.1, -0.05) is 6.92 Å². The monoisotopic (exact) mass is 644 g/mol. The predicted molar refractivity (Wildman–Crippen MR) is 147 cm³/mol. The fourth-order valence-electron chi connectivity index (χ4n) is 4.59. The summed E-state index contributed by atoms with van der Waals surface area (Å²) in [6, 6.07) is 8.22. The largest absolute Gasteiger partial charge is 0.489 e. The molecule has 1 fully saturated rings. The van der Waals surface area contributed by atoms with E-state index >= 15 is 0 Å². The molecular formula is C28H29F5N4O6S. The molecule has 1 aliphatic rings. The fourth-order valence-corrected chi connectivity index (χ4v) is 5.41. The molecule has 0 spiro atoms. The van der Waals surface area contributed by atoms with Gasteiger partial charge in [-0.3, -0.25) is 9.78 Å². The van der Waals surface area contributed by atoms with E-state index in [0.29, 0.717) is 5.82 Å². The number of aliphatic hydroxyl groups is 1. The van der Waals surface area contributed by atoms with E-state index in [9.17, 15) is 40.3 Å². The first kappa shape index (κ1) is 33.0. The van der Waals surface area contributed by atoms with Crippen molar-refractivity contribution in [3.63, 3.8) is 0 Å².